The predicted octanol–water partition coefficient (Wildman–Crippen LogP) is 3.78. The fraction of sp³-hybridized carbons (Fsp3) is 0.385. The Bertz CT molecular complexity index is 272. The molecule has 0 aliphatic heterocycles. The number of allylic oxidation sites excluding steroid dienone is 8. The average Bonchev–Trinajstić information content (AvgIpc) is 2.67. The molecule has 1 heteroatoms. The van der Waals surface area contributed by atoms with Crippen molar-refractivity contribution in [1.82, 2.24) is 0 Å². The Morgan fingerprint density at radius 3 is 1.93 bits per heavy atom. The third-order valence-corrected chi connectivity index (χ3v) is 2.23. The molecule has 0 radical (unpaired) electrons. The van der Waals surface area contributed by atoms with E-state index in [1.54, 1.807) is 0 Å². The minimum absolute atomic E-state index is 0. The molecule has 0 atom stereocenters. The van der Waals surface area contributed by atoms with Gasteiger partial charge in [0.15, 0.2) is 0 Å². The molecule has 0 unspecified atom stereocenters. The van der Waals surface area contributed by atoms with Crippen LogP contribution in [0, 0.1) is 12.2 Å². The van der Waals surface area contributed by atoms with E-state index in [4.69, 9.17) is 0 Å². The summed E-state index contributed by atoms with van der Waals surface area (Å²) in [6, 6.07) is 0. The van der Waals surface area contributed by atoms with Crippen molar-refractivity contribution < 1.29 is 26.2 Å². The van der Waals surface area contributed by atoms with Gasteiger partial charge in [0.25, 0.3) is 0 Å². The van der Waals surface area contributed by atoms with Crippen molar-refractivity contribution in [3.05, 3.63) is 47.1 Å². The zero-order valence-electron chi connectivity index (χ0n) is 9.15. The monoisotopic (exact) mass is 262 g/mol. The van der Waals surface area contributed by atoms with E-state index >= 15 is 0 Å². The summed E-state index contributed by atoms with van der Waals surface area (Å²) in [7, 11) is 0. The summed E-state index contributed by atoms with van der Waals surface area (Å²) in [5.41, 5.74) is 3.98. The first-order chi connectivity index (χ1) is 6.20. The Morgan fingerprint density at radius 1 is 1.07 bits per heavy atom. The van der Waals surface area contributed by atoms with Gasteiger partial charge < -0.3 is 0 Å². The summed E-state index contributed by atoms with van der Waals surface area (Å²) in [6.07, 6.45) is 14.7. The molecule has 2 rings (SSSR count). The number of hydrogen-bond donors (Lipinski definition) is 0. The first kappa shape index (κ1) is 13.8. The second-order valence-corrected chi connectivity index (χ2v) is 3.36. The molecule has 0 aromatic heterocycles. The smallest absolute Gasteiger partial charge is 0.270 e. The fourth-order valence-electron chi connectivity index (χ4n) is 1.16. The van der Waals surface area contributed by atoms with Crippen molar-refractivity contribution >= 4 is 0 Å². The topological polar surface area (TPSA) is 0 Å². The molecule has 0 heterocycles. The Morgan fingerprint density at radius 2 is 1.79 bits per heavy atom. The van der Waals surface area contributed by atoms with E-state index in [-0.39, 0.29) is 26.2 Å². The van der Waals surface area contributed by atoms with Crippen molar-refractivity contribution in [3.8, 4) is 0 Å². The molecule has 0 bridgehead atoms. The largest absolute Gasteiger partial charge is 2.00 e. The third-order valence-electron chi connectivity index (χ3n) is 2.23. The molecule has 0 N–H and O–H groups in total. The quantitative estimate of drug-likeness (QED) is 0.584. The van der Waals surface area contributed by atoms with Crippen molar-refractivity contribution in [3.63, 3.8) is 0 Å². The van der Waals surface area contributed by atoms with E-state index in [9.17, 15) is 0 Å². The average molecular weight is 263 g/mol. The molecular formula is C13H16Zr. The van der Waals surface area contributed by atoms with Crippen molar-refractivity contribution in [2.45, 2.75) is 33.6 Å². The van der Waals surface area contributed by atoms with E-state index in [1.807, 2.05) is 0 Å². The van der Waals surface area contributed by atoms with E-state index < -0.39 is 0 Å². The molecule has 72 valence electrons. The van der Waals surface area contributed by atoms with E-state index in [0.717, 1.165) is 12.8 Å². The van der Waals surface area contributed by atoms with Gasteiger partial charge in [-0.05, 0) is 0 Å². The van der Waals surface area contributed by atoms with Crippen LogP contribution in [0.2, 0.25) is 0 Å². The zero-order chi connectivity index (χ0) is 9.68. The maximum Gasteiger partial charge on any atom is 2.00 e. The van der Waals surface area contributed by atoms with Gasteiger partial charge in [0.05, 0.1) is 0 Å². The maximum absolute atomic E-state index is 3.19. The van der Waals surface area contributed by atoms with Gasteiger partial charge in [-0.15, -0.1) is 19.8 Å². The molecule has 0 saturated heterocycles. The molecular weight excluding hydrogens is 247 g/mol. The van der Waals surface area contributed by atoms with Crippen LogP contribution in [0.4, 0.5) is 0 Å². The molecule has 2 aliphatic carbocycles. The van der Waals surface area contributed by atoms with Gasteiger partial charge in [-0.25, -0.2) is 22.8 Å². The third kappa shape index (κ3) is 4.91. The first-order valence-electron chi connectivity index (χ1n) is 4.68. The van der Waals surface area contributed by atoms with Gasteiger partial charge in [0.2, 0.25) is 0 Å². The van der Waals surface area contributed by atoms with Gasteiger partial charge in [-0.2, -0.15) is 12.2 Å². The molecule has 0 fully saturated rings. The van der Waals surface area contributed by atoms with Crippen LogP contribution in [-0.4, -0.2) is 0 Å². The van der Waals surface area contributed by atoms with Gasteiger partial charge in [0.1, 0.15) is 0 Å². The SMILES string of the molecule is CC1=[C-]CC=C1.CC1=[C-]CC=C1C.[Zr+2]. The predicted molar refractivity (Wildman–Crippen MR) is 57.0 cm³/mol. The van der Waals surface area contributed by atoms with Gasteiger partial charge in [0, 0.05) is 0 Å². The molecule has 0 spiro atoms. The summed E-state index contributed by atoms with van der Waals surface area (Å²) in [5, 5.41) is 0. The van der Waals surface area contributed by atoms with Gasteiger partial charge in [-0.3, -0.25) is 12.2 Å². The van der Waals surface area contributed by atoms with Crippen LogP contribution in [0.25, 0.3) is 0 Å². The Balaban J connectivity index is 0.000000227. The minimum Gasteiger partial charge on any atom is -0.270 e. The molecule has 2 aliphatic rings. The summed E-state index contributed by atoms with van der Waals surface area (Å²) in [5.74, 6) is 0. The van der Waals surface area contributed by atoms with Crippen LogP contribution >= 0.6 is 0 Å². The second-order valence-electron chi connectivity index (χ2n) is 3.36. The normalized spacial score (nSPS) is 17.5. The Hall–Kier alpha value is -0.157. The molecule has 0 aromatic carbocycles. The summed E-state index contributed by atoms with van der Waals surface area (Å²) in [4.78, 5) is 0. The minimum atomic E-state index is 0. The number of hydrogen-bond acceptors (Lipinski definition) is 0. The molecule has 14 heavy (non-hydrogen) atoms. The van der Waals surface area contributed by atoms with E-state index in [2.05, 4.69) is 51.2 Å². The molecule has 0 nitrogen and oxygen atoms in total. The van der Waals surface area contributed by atoms with Crippen LogP contribution in [0.1, 0.15) is 33.6 Å². The van der Waals surface area contributed by atoms with Crippen LogP contribution in [0.5, 0.6) is 0 Å². The molecule has 0 aromatic rings. The summed E-state index contributed by atoms with van der Waals surface area (Å²) >= 11 is 0. The van der Waals surface area contributed by atoms with Crippen LogP contribution in [0.3, 0.4) is 0 Å². The van der Waals surface area contributed by atoms with Crippen LogP contribution < -0.4 is 0 Å². The van der Waals surface area contributed by atoms with Crippen molar-refractivity contribution in [2.75, 3.05) is 0 Å². The Kier molecular flexibility index (Phi) is 7.10. The molecule has 0 saturated carbocycles. The standard InChI is InChI=1S/C7H9.C6H7.Zr/c1-6-4-3-5-7(6)2;1-6-4-2-3-5-6;/h4H,3H2,1-2H3;2,4H,3H2,1H3;/q2*-1;+2. The second kappa shape index (κ2) is 7.18. The summed E-state index contributed by atoms with van der Waals surface area (Å²) < 4.78 is 0. The first-order valence-corrected chi connectivity index (χ1v) is 4.68. The van der Waals surface area contributed by atoms with Crippen molar-refractivity contribution in [1.29, 1.82) is 0 Å². The fourth-order valence-corrected chi connectivity index (χ4v) is 1.16. The van der Waals surface area contributed by atoms with Crippen LogP contribution in [0.15, 0.2) is 34.9 Å². The van der Waals surface area contributed by atoms with Gasteiger partial charge in [-0.1, -0.05) is 13.8 Å². The van der Waals surface area contributed by atoms with Gasteiger partial charge >= 0.3 is 26.2 Å². The molecule has 0 amide bonds. The number of rotatable bonds is 0. The van der Waals surface area contributed by atoms with Crippen LogP contribution in [-0.2, 0) is 26.2 Å². The Labute approximate surface area is 107 Å². The van der Waals surface area contributed by atoms with E-state index in [0.29, 0.717) is 0 Å². The van der Waals surface area contributed by atoms with Crippen molar-refractivity contribution in [2.24, 2.45) is 0 Å². The summed E-state index contributed by atoms with van der Waals surface area (Å²) in [6.45, 7) is 6.28. The zero-order valence-corrected chi connectivity index (χ0v) is 11.6. The maximum atomic E-state index is 3.19. The van der Waals surface area contributed by atoms with E-state index in [1.165, 1.54) is 16.7 Å².